The number of aryl methyl sites for hydroxylation is 1. The number of rotatable bonds is 11. The molecule has 4 fully saturated rings. The number of fused-ring (bicyclic) bond motifs is 2. The minimum atomic E-state index is -4.03. The molecule has 1 saturated carbocycles. The van der Waals surface area contributed by atoms with Crippen molar-refractivity contribution in [1.29, 1.82) is 5.26 Å². The third-order valence-corrected chi connectivity index (χ3v) is 15.7. The van der Waals surface area contributed by atoms with Crippen molar-refractivity contribution in [3.63, 3.8) is 0 Å². The summed E-state index contributed by atoms with van der Waals surface area (Å²) in [6.45, 7) is 3.23. The Kier molecular flexibility index (Phi) is 12.2. The topological polar surface area (TPSA) is 211 Å². The van der Waals surface area contributed by atoms with Crippen LogP contribution in [0, 0.1) is 23.1 Å². The van der Waals surface area contributed by atoms with Crippen LogP contribution in [0.3, 0.4) is 0 Å². The average Bonchev–Trinajstić information content (AvgIpc) is 3.87. The summed E-state index contributed by atoms with van der Waals surface area (Å²) in [5.41, 5.74) is 1.94. The molecule has 2 aromatic heterocycles. The van der Waals surface area contributed by atoms with E-state index >= 15 is 4.39 Å². The number of nitrogens with one attached hydrogen (secondary N) is 2. The molecule has 1 spiro atoms. The number of ether oxygens (including phenoxy) is 2. The highest BCUT2D eigenvalue weighted by Gasteiger charge is 2.44. The van der Waals surface area contributed by atoms with E-state index in [4.69, 9.17) is 14.6 Å². The van der Waals surface area contributed by atoms with Gasteiger partial charge in [-0.25, -0.2) is 9.37 Å². The van der Waals surface area contributed by atoms with Gasteiger partial charge in [-0.2, -0.15) is 23.1 Å². The molecule has 2 atom stereocenters. The quantitative estimate of drug-likeness (QED) is 0.149. The molecule has 0 radical (unpaired) electrons. The molecule has 1 unspecified atom stereocenters. The van der Waals surface area contributed by atoms with Crippen LogP contribution in [0.2, 0.25) is 0 Å². The molecule has 17 nitrogen and oxygen atoms in total. The zero-order valence-corrected chi connectivity index (χ0v) is 37.9. The lowest BCUT2D eigenvalue weighted by Crippen LogP contribution is -2.47. The highest BCUT2D eigenvalue weighted by Crippen LogP contribution is 2.43. The molecule has 5 aromatic rings. The van der Waals surface area contributed by atoms with Crippen molar-refractivity contribution in [2.75, 3.05) is 38.0 Å². The van der Waals surface area contributed by atoms with E-state index in [1.807, 2.05) is 22.7 Å². The van der Waals surface area contributed by atoms with Gasteiger partial charge in [0.25, 0.3) is 5.56 Å². The molecule has 3 aromatic carbocycles. The molecule has 66 heavy (non-hydrogen) atoms. The molecule has 3 amide bonds. The fraction of sp³-hybridized carbons (Fsp3) is 0.468. The van der Waals surface area contributed by atoms with Crippen LogP contribution in [-0.4, -0.2) is 93.6 Å². The van der Waals surface area contributed by atoms with Gasteiger partial charge in [-0.3, -0.25) is 38.5 Å². The molecule has 19 heteroatoms. The molecule has 5 heterocycles. The molecular weight excluding hydrogens is 870 g/mol. The number of aromatic nitrogens is 4. The SMILES string of the molecule is CCN(C)S(=O)(=O)Nc1ccc(F)c(Oc2ccc3ncn([C@H]4COC5(CCN(C(=O)C[C@H]6CC[C@H](c7ccc8c(C9CCC(=O)NC9=O)nn(C)c8c7)CC6)CC5)C4)c(=O)c3c2)c1C#N. The molecule has 3 aliphatic heterocycles. The standard InChI is InChI=1S/C47H52FN9O8S/c1-4-54(2)66(62,63)53-39-15-13-37(48)44(36(39)25-49)65-32-10-14-38-35(23-32)46(61)57(27-50-38)31-24-47(64-26-31)17-19-56(20-18-47)42(59)21-28-5-7-29(8-6-28)30-9-11-33-40(22-30)55(3)52-43(33)34-12-16-41(58)51-45(34)60/h9-11,13-15,22-23,27-29,31,34,53H,4-8,12,16-21,24,26H2,1-3H3,(H,51,58,60)/t28-,29-,31-,34?/m1/s1. The van der Waals surface area contributed by atoms with E-state index < -0.39 is 33.3 Å². The lowest BCUT2D eigenvalue weighted by molar-refractivity contribution is -0.137. The fourth-order valence-corrected chi connectivity index (χ4v) is 11.1. The van der Waals surface area contributed by atoms with Crippen LogP contribution >= 0.6 is 0 Å². The van der Waals surface area contributed by atoms with Crippen molar-refractivity contribution in [3.8, 4) is 17.6 Å². The summed E-state index contributed by atoms with van der Waals surface area (Å²) in [6.07, 6.45) is 8.50. The minimum Gasteiger partial charge on any atom is -0.453 e. The summed E-state index contributed by atoms with van der Waals surface area (Å²) in [5, 5.41) is 18.2. The van der Waals surface area contributed by atoms with E-state index in [-0.39, 0.29) is 58.3 Å². The van der Waals surface area contributed by atoms with Gasteiger partial charge >= 0.3 is 10.2 Å². The molecule has 346 valence electrons. The first kappa shape index (κ1) is 44.9. The van der Waals surface area contributed by atoms with Gasteiger partial charge in [-0.1, -0.05) is 19.1 Å². The van der Waals surface area contributed by atoms with E-state index in [2.05, 4.69) is 33.2 Å². The number of imide groups is 1. The lowest BCUT2D eigenvalue weighted by atomic mass is 9.77. The van der Waals surface area contributed by atoms with Crippen LogP contribution in [-0.2, 0) is 36.4 Å². The highest BCUT2D eigenvalue weighted by molar-refractivity contribution is 7.90. The van der Waals surface area contributed by atoms with Gasteiger partial charge < -0.3 is 14.4 Å². The van der Waals surface area contributed by atoms with Gasteiger partial charge in [0.2, 0.25) is 17.7 Å². The van der Waals surface area contributed by atoms with Crippen LogP contribution in [0.25, 0.3) is 21.8 Å². The second kappa shape index (κ2) is 17.9. The van der Waals surface area contributed by atoms with Crippen LogP contribution in [0.15, 0.2) is 59.7 Å². The van der Waals surface area contributed by atoms with Gasteiger partial charge in [-0.15, -0.1) is 0 Å². The van der Waals surface area contributed by atoms with Crippen LogP contribution in [0.1, 0.15) is 106 Å². The molecule has 1 aliphatic carbocycles. The smallest absolute Gasteiger partial charge is 0.301 e. The summed E-state index contributed by atoms with van der Waals surface area (Å²) >= 11 is 0. The second-order valence-electron chi connectivity index (χ2n) is 18.1. The first-order chi connectivity index (χ1) is 31.7. The van der Waals surface area contributed by atoms with Crippen LogP contribution in [0.4, 0.5) is 10.1 Å². The van der Waals surface area contributed by atoms with E-state index in [1.165, 1.54) is 31.1 Å². The van der Waals surface area contributed by atoms with Gasteiger partial charge in [0.05, 0.1) is 58.3 Å². The molecule has 2 N–H and O–H groups in total. The number of hydrogen-bond acceptors (Lipinski definition) is 11. The number of nitrogens with zero attached hydrogens (tertiary/aromatic N) is 7. The van der Waals surface area contributed by atoms with Gasteiger partial charge in [0.15, 0.2) is 11.6 Å². The molecule has 3 saturated heterocycles. The maximum Gasteiger partial charge on any atom is 0.301 e. The summed E-state index contributed by atoms with van der Waals surface area (Å²) in [7, 11) is -0.780. The number of anilines is 1. The number of nitriles is 1. The largest absolute Gasteiger partial charge is 0.453 e. The predicted molar refractivity (Wildman–Crippen MR) is 241 cm³/mol. The Morgan fingerprint density at radius 1 is 1.06 bits per heavy atom. The number of benzene rings is 3. The van der Waals surface area contributed by atoms with Crippen molar-refractivity contribution in [2.45, 2.75) is 94.6 Å². The number of amides is 3. The van der Waals surface area contributed by atoms with Crippen molar-refractivity contribution in [2.24, 2.45) is 13.0 Å². The van der Waals surface area contributed by atoms with Crippen LogP contribution in [0.5, 0.6) is 11.5 Å². The molecule has 9 rings (SSSR count). The Labute approximate surface area is 381 Å². The molecular formula is C47H52FN9O8S. The fourth-order valence-electron chi connectivity index (χ4n) is 10.2. The number of hydrogen-bond donors (Lipinski definition) is 2. The number of piperidine rings is 2. The zero-order chi connectivity index (χ0) is 46.5. The van der Waals surface area contributed by atoms with Crippen molar-refractivity contribution < 1.29 is 36.7 Å². The van der Waals surface area contributed by atoms with Crippen molar-refractivity contribution in [1.82, 2.24) is 33.9 Å². The summed E-state index contributed by atoms with van der Waals surface area (Å²) in [4.78, 5) is 58.4. The number of halogens is 1. The third kappa shape index (κ3) is 8.64. The van der Waals surface area contributed by atoms with E-state index in [1.54, 1.807) is 17.6 Å². The second-order valence-corrected chi connectivity index (χ2v) is 19.9. The first-order valence-corrected chi connectivity index (χ1v) is 24.0. The van der Waals surface area contributed by atoms with Crippen molar-refractivity contribution >= 4 is 55.4 Å². The van der Waals surface area contributed by atoms with E-state index in [0.717, 1.165) is 53.0 Å². The average molecular weight is 922 g/mol. The lowest BCUT2D eigenvalue weighted by Gasteiger charge is -2.39. The maximum atomic E-state index is 15.1. The molecule has 4 aliphatic rings. The van der Waals surface area contributed by atoms with E-state index in [9.17, 15) is 32.9 Å². The van der Waals surface area contributed by atoms with Gasteiger partial charge in [0.1, 0.15) is 17.4 Å². The number of likely N-dealkylation sites (tertiary alicyclic amines) is 1. The number of carbonyl (C=O) groups is 3. The first-order valence-electron chi connectivity index (χ1n) is 22.5. The maximum absolute atomic E-state index is 15.1. The predicted octanol–water partition coefficient (Wildman–Crippen LogP) is 5.90. The zero-order valence-electron chi connectivity index (χ0n) is 37.1. The minimum absolute atomic E-state index is 0.0514. The summed E-state index contributed by atoms with van der Waals surface area (Å²) in [6, 6.07) is 14.5. The van der Waals surface area contributed by atoms with E-state index in [0.29, 0.717) is 81.3 Å². The van der Waals surface area contributed by atoms with Gasteiger partial charge in [0, 0.05) is 52.0 Å². The Morgan fingerprint density at radius 2 is 1.83 bits per heavy atom. The Balaban J connectivity index is 0.795. The Bertz CT molecular complexity index is 2970. The monoisotopic (exact) mass is 921 g/mol. The van der Waals surface area contributed by atoms with Crippen LogP contribution < -0.4 is 20.3 Å². The van der Waals surface area contributed by atoms with Gasteiger partial charge in [-0.05, 0) is 105 Å². The molecule has 0 bridgehead atoms. The summed E-state index contributed by atoms with van der Waals surface area (Å²) in [5.74, 6) is -1.49. The Hall–Kier alpha value is -6.23. The third-order valence-electron chi connectivity index (χ3n) is 14.2. The van der Waals surface area contributed by atoms with Crippen molar-refractivity contribution in [3.05, 3.63) is 87.9 Å². The highest BCUT2D eigenvalue weighted by atomic mass is 32.2. The summed E-state index contributed by atoms with van der Waals surface area (Å²) < 4.78 is 59.5. The Morgan fingerprint density at radius 3 is 2.56 bits per heavy atom. The number of carbonyl (C=O) groups excluding carboxylic acids is 3. The normalized spacial score (nSPS) is 22.2.